The highest BCUT2D eigenvalue weighted by atomic mass is 32.2. The SMILES string of the molecule is COc1ccc2c(C)cc3nnc(SCC(=O)NCc4ccc(F)cc4)n3c2c1. The summed E-state index contributed by atoms with van der Waals surface area (Å²) in [7, 11) is 1.63. The van der Waals surface area contributed by atoms with Crippen LogP contribution in [0.4, 0.5) is 4.39 Å². The molecule has 0 saturated carbocycles. The summed E-state index contributed by atoms with van der Waals surface area (Å²) in [6.45, 7) is 2.37. The van der Waals surface area contributed by atoms with Crippen molar-refractivity contribution in [3.8, 4) is 5.75 Å². The van der Waals surface area contributed by atoms with Gasteiger partial charge in [0.25, 0.3) is 0 Å². The summed E-state index contributed by atoms with van der Waals surface area (Å²) in [5.74, 6) is 0.506. The molecule has 1 N–H and O–H groups in total. The lowest BCUT2D eigenvalue weighted by molar-refractivity contribution is -0.118. The van der Waals surface area contributed by atoms with E-state index < -0.39 is 0 Å². The van der Waals surface area contributed by atoms with Gasteiger partial charge in [-0.1, -0.05) is 23.9 Å². The number of aromatic nitrogens is 3. The molecule has 2 aromatic heterocycles. The van der Waals surface area contributed by atoms with Gasteiger partial charge in [0, 0.05) is 18.0 Å². The Balaban J connectivity index is 1.52. The molecular weight excluding hydrogens is 391 g/mol. The lowest BCUT2D eigenvalue weighted by Crippen LogP contribution is -2.24. The third-order valence-electron chi connectivity index (χ3n) is 4.61. The van der Waals surface area contributed by atoms with Crippen molar-refractivity contribution in [3.05, 3.63) is 65.5 Å². The number of methoxy groups -OCH3 is 1. The van der Waals surface area contributed by atoms with Gasteiger partial charge in [-0.05, 0) is 48.4 Å². The number of benzene rings is 2. The number of fused-ring (bicyclic) bond motifs is 3. The van der Waals surface area contributed by atoms with Gasteiger partial charge in [0.2, 0.25) is 5.91 Å². The Labute approximate surface area is 171 Å². The van der Waals surface area contributed by atoms with Gasteiger partial charge in [-0.3, -0.25) is 9.20 Å². The molecule has 0 spiro atoms. The third kappa shape index (κ3) is 4.02. The maximum absolute atomic E-state index is 13.0. The largest absolute Gasteiger partial charge is 0.497 e. The van der Waals surface area contributed by atoms with Crippen LogP contribution in [0.1, 0.15) is 11.1 Å². The van der Waals surface area contributed by atoms with Crippen molar-refractivity contribution < 1.29 is 13.9 Å². The van der Waals surface area contributed by atoms with Gasteiger partial charge in [-0.2, -0.15) is 0 Å². The van der Waals surface area contributed by atoms with Crippen LogP contribution in [0.25, 0.3) is 16.6 Å². The summed E-state index contributed by atoms with van der Waals surface area (Å²) in [4.78, 5) is 12.2. The number of thioether (sulfide) groups is 1. The van der Waals surface area contributed by atoms with E-state index in [-0.39, 0.29) is 17.5 Å². The number of pyridine rings is 1. The maximum Gasteiger partial charge on any atom is 0.230 e. The Morgan fingerprint density at radius 3 is 2.72 bits per heavy atom. The summed E-state index contributed by atoms with van der Waals surface area (Å²) >= 11 is 1.31. The zero-order chi connectivity index (χ0) is 20.4. The first-order chi connectivity index (χ1) is 14.0. The van der Waals surface area contributed by atoms with Gasteiger partial charge in [0.15, 0.2) is 10.8 Å². The number of halogens is 1. The van der Waals surface area contributed by atoms with E-state index in [4.69, 9.17) is 4.74 Å². The number of hydrogen-bond acceptors (Lipinski definition) is 5. The van der Waals surface area contributed by atoms with E-state index in [1.165, 1.54) is 23.9 Å². The molecule has 2 heterocycles. The second kappa shape index (κ2) is 8.08. The summed E-state index contributed by atoms with van der Waals surface area (Å²) in [5.41, 5.74) is 3.58. The molecule has 0 aliphatic carbocycles. The molecule has 29 heavy (non-hydrogen) atoms. The lowest BCUT2D eigenvalue weighted by Gasteiger charge is -2.09. The monoisotopic (exact) mass is 410 g/mol. The predicted octanol–water partition coefficient (Wildman–Crippen LogP) is 3.75. The van der Waals surface area contributed by atoms with E-state index in [1.54, 1.807) is 19.2 Å². The standard InChI is InChI=1S/C21H19FN4O2S/c1-13-9-19-24-25-21(26(19)18-10-16(28-2)7-8-17(13)18)29-12-20(27)23-11-14-3-5-15(22)6-4-14/h3-10H,11-12H2,1-2H3,(H,23,27). The summed E-state index contributed by atoms with van der Waals surface area (Å²) < 4.78 is 20.3. The number of carbonyl (C=O) groups excluding carboxylic acids is 1. The first-order valence-corrected chi connectivity index (χ1v) is 10.00. The topological polar surface area (TPSA) is 68.5 Å². The molecule has 4 rings (SSSR count). The molecule has 0 unspecified atom stereocenters. The van der Waals surface area contributed by atoms with Crippen molar-refractivity contribution in [2.24, 2.45) is 0 Å². The van der Waals surface area contributed by atoms with Gasteiger partial charge >= 0.3 is 0 Å². The molecule has 0 fully saturated rings. The van der Waals surface area contributed by atoms with Crippen molar-refractivity contribution in [2.75, 3.05) is 12.9 Å². The van der Waals surface area contributed by atoms with E-state index in [0.717, 1.165) is 33.4 Å². The van der Waals surface area contributed by atoms with Crippen LogP contribution in [0.5, 0.6) is 5.75 Å². The van der Waals surface area contributed by atoms with E-state index in [0.29, 0.717) is 11.7 Å². The van der Waals surface area contributed by atoms with Crippen molar-refractivity contribution in [1.82, 2.24) is 19.9 Å². The average Bonchev–Trinajstić information content (AvgIpc) is 3.14. The van der Waals surface area contributed by atoms with Crippen LogP contribution in [-0.2, 0) is 11.3 Å². The van der Waals surface area contributed by atoms with Gasteiger partial charge < -0.3 is 10.1 Å². The van der Waals surface area contributed by atoms with Crippen LogP contribution in [0, 0.1) is 12.7 Å². The number of ether oxygens (including phenoxy) is 1. The molecule has 0 radical (unpaired) electrons. The number of rotatable bonds is 6. The normalized spacial score (nSPS) is 11.1. The Kier molecular flexibility index (Phi) is 5.35. The van der Waals surface area contributed by atoms with Crippen LogP contribution < -0.4 is 10.1 Å². The fourth-order valence-corrected chi connectivity index (χ4v) is 3.89. The number of carbonyl (C=O) groups is 1. The van der Waals surface area contributed by atoms with Crippen molar-refractivity contribution in [2.45, 2.75) is 18.6 Å². The van der Waals surface area contributed by atoms with Crippen LogP contribution >= 0.6 is 11.8 Å². The molecule has 0 aliphatic rings. The highest BCUT2D eigenvalue weighted by Gasteiger charge is 2.14. The fraction of sp³-hybridized carbons (Fsp3) is 0.190. The molecule has 0 saturated heterocycles. The summed E-state index contributed by atoms with van der Waals surface area (Å²) in [6, 6.07) is 13.9. The molecule has 4 aromatic rings. The van der Waals surface area contributed by atoms with Gasteiger partial charge in [-0.25, -0.2) is 4.39 Å². The predicted molar refractivity (Wildman–Crippen MR) is 111 cm³/mol. The van der Waals surface area contributed by atoms with E-state index in [2.05, 4.69) is 15.5 Å². The average molecular weight is 410 g/mol. The molecule has 0 aliphatic heterocycles. The van der Waals surface area contributed by atoms with E-state index in [1.807, 2.05) is 35.6 Å². The minimum Gasteiger partial charge on any atom is -0.497 e. The van der Waals surface area contributed by atoms with Crippen molar-refractivity contribution >= 4 is 34.2 Å². The summed E-state index contributed by atoms with van der Waals surface area (Å²) in [5, 5.41) is 13.0. The molecule has 0 atom stereocenters. The Hall–Kier alpha value is -3.13. The summed E-state index contributed by atoms with van der Waals surface area (Å²) in [6.07, 6.45) is 0. The zero-order valence-corrected chi connectivity index (χ0v) is 16.8. The third-order valence-corrected chi connectivity index (χ3v) is 5.54. The molecular formula is C21H19FN4O2S. The first-order valence-electron chi connectivity index (χ1n) is 9.01. The molecule has 0 bridgehead atoms. The Morgan fingerprint density at radius 2 is 1.97 bits per heavy atom. The number of aryl methyl sites for hydroxylation is 1. The minimum atomic E-state index is -0.298. The van der Waals surface area contributed by atoms with Crippen LogP contribution in [0.15, 0.2) is 53.7 Å². The molecule has 2 aromatic carbocycles. The molecule has 1 amide bonds. The molecule has 148 valence electrons. The number of nitrogens with zero attached hydrogens (tertiary/aromatic N) is 3. The quantitative estimate of drug-likeness (QED) is 0.491. The highest BCUT2D eigenvalue weighted by Crippen LogP contribution is 2.28. The smallest absolute Gasteiger partial charge is 0.230 e. The molecule has 6 nitrogen and oxygen atoms in total. The fourth-order valence-electron chi connectivity index (χ4n) is 3.11. The zero-order valence-electron chi connectivity index (χ0n) is 16.0. The lowest BCUT2D eigenvalue weighted by atomic mass is 10.1. The maximum atomic E-state index is 13.0. The Bertz CT molecular complexity index is 1190. The number of hydrogen-bond donors (Lipinski definition) is 1. The van der Waals surface area contributed by atoms with Crippen molar-refractivity contribution in [3.63, 3.8) is 0 Å². The van der Waals surface area contributed by atoms with Crippen molar-refractivity contribution in [1.29, 1.82) is 0 Å². The Morgan fingerprint density at radius 1 is 1.17 bits per heavy atom. The highest BCUT2D eigenvalue weighted by molar-refractivity contribution is 7.99. The second-order valence-electron chi connectivity index (χ2n) is 6.58. The minimum absolute atomic E-state index is 0.134. The second-order valence-corrected chi connectivity index (χ2v) is 7.52. The van der Waals surface area contributed by atoms with Gasteiger partial charge in [-0.15, -0.1) is 10.2 Å². The van der Waals surface area contributed by atoms with Gasteiger partial charge in [0.05, 0.1) is 18.4 Å². The van der Waals surface area contributed by atoms with Crippen LogP contribution in [0.3, 0.4) is 0 Å². The van der Waals surface area contributed by atoms with Crippen LogP contribution in [0.2, 0.25) is 0 Å². The van der Waals surface area contributed by atoms with E-state index >= 15 is 0 Å². The first kappa shape index (κ1) is 19.2. The van der Waals surface area contributed by atoms with Crippen LogP contribution in [-0.4, -0.2) is 33.4 Å². The van der Waals surface area contributed by atoms with Gasteiger partial charge in [0.1, 0.15) is 11.6 Å². The number of amides is 1. The molecule has 8 heteroatoms. The number of nitrogens with one attached hydrogen (secondary N) is 1. The van der Waals surface area contributed by atoms with E-state index in [9.17, 15) is 9.18 Å².